The van der Waals surface area contributed by atoms with Crippen LogP contribution in [0.25, 0.3) is 0 Å². The molecule has 0 saturated heterocycles. The Bertz CT molecular complexity index is 634. The molecule has 7 heteroatoms. The molecule has 0 bridgehead atoms. The van der Waals surface area contributed by atoms with Crippen LogP contribution in [0, 0.1) is 17.2 Å². The fourth-order valence-corrected chi connectivity index (χ4v) is 1.94. The van der Waals surface area contributed by atoms with Gasteiger partial charge in [0.1, 0.15) is 6.54 Å². The molecule has 0 unspecified atom stereocenters. The van der Waals surface area contributed by atoms with Crippen LogP contribution in [0.1, 0.15) is 25.0 Å². The summed E-state index contributed by atoms with van der Waals surface area (Å²) in [7, 11) is 0. The molecule has 0 aliphatic carbocycles. The van der Waals surface area contributed by atoms with Crippen molar-refractivity contribution >= 4 is 11.7 Å². The number of carbonyl (C=O) groups is 1. The van der Waals surface area contributed by atoms with E-state index < -0.39 is 23.3 Å². The minimum atomic E-state index is -4.65. The Labute approximate surface area is 139 Å². The van der Waals surface area contributed by atoms with Crippen molar-refractivity contribution in [3.05, 3.63) is 42.0 Å². The van der Waals surface area contributed by atoms with Gasteiger partial charge >= 0.3 is 12.1 Å². The quantitative estimate of drug-likeness (QED) is 0.560. The van der Waals surface area contributed by atoms with E-state index in [1.807, 2.05) is 13.8 Å². The van der Waals surface area contributed by atoms with E-state index in [-0.39, 0.29) is 31.3 Å². The van der Waals surface area contributed by atoms with Gasteiger partial charge in [0.05, 0.1) is 23.8 Å². The third kappa shape index (κ3) is 5.61. The standard InChI is InChI=1S/C17H19F3N2O2/c1-4-7-22(10-16(23)24-11-12(2)3)14-6-5-13(9-21)15(8-14)17(18,19)20/h4-6,8,12H,1,7,10-11H2,2-3H3. The van der Waals surface area contributed by atoms with E-state index in [0.717, 1.165) is 12.1 Å². The van der Waals surface area contributed by atoms with Crippen LogP contribution >= 0.6 is 0 Å². The third-order valence-electron chi connectivity index (χ3n) is 3.04. The minimum Gasteiger partial charge on any atom is -0.464 e. The van der Waals surface area contributed by atoms with Gasteiger partial charge in [-0.15, -0.1) is 6.58 Å². The van der Waals surface area contributed by atoms with Gasteiger partial charge in [-0.05, 0) is 24.1 Å². The largest absolute Gasteiger partial charge is 0.464 e. The van der Waals surface area contributed by atoms with E-state index in [4.69, 9.17) is 10.00 Å². The third-order valence-corrected chi connectivity index (χ3v) is 3.04. The van der Waals surface area contributed by atoms with E-state index in [2.05, 4.69) is 6.58 Å². The summed E-state index contributed by atoms with van der Waals surface area (Å²) in [6.45, 7) is 7.50. The maximum atomic E-state index is 13.1. The molecule has 4 nitrogen and oxygen atoms in total. The van der Waals surface area contributed by atoms with Gasteiger partial charge in [0.15, 0.2) is 0 Å². The minimum absolute atomic E-state index is 0.161. The molecular weight excluding hydrogens is 321 g/mol. The number of anilines is 1. The summed E-state index contributed by atoms with van der Waals surface area (Å²) in [6, 6.07) is 4.84. The molecule has 0 aromatic heterocycles. The molecule has 0 saturated carbocycles. The molecular formula is C17H19F3N2O2. The van der Waals surface area contributed by atoms with Crippen molar-refractivity contribution in [2.75, 3.05) is 24.6 Å². The molecule has 0 N–H and O–H groups in total. The highest BCUT2D eigenvalue weighted by Crippen LogP contribution is 2.34. The summed E-state index contributed by atoms with van der Waals surface area (Å²) in [5, 5.41) is 8.83. The van der Waals surface area contributed by atoms with Crippen LogP contribution in [0.4, 0.5) is 18.9 Å². The molecule has 0 amide bonds. The highest BCUT2D eigenvalue weighted by atomic mass is 19.4. The average molecular weight is 340 g/mol. The SMILES string of the molecule is C=CCN(CC(=O)OCC(C)C)c1ccc(C#N)c(C(F)(F)F)c1. The fourth-order valence-electron chi connectivity index (χ4n) is 1.94. The first-order chi connectivity index (χ1) is 11.2. The molecule has 130 valence electrons. The molecule has 0 aliphatic rings. The number of ether oxygens (including phenoxy) is 1. The summed E-state index contributed by atoms with van der Waals surface area (Å²) in [5.74, 6) is -0.378. The molecule has 0 atom stereocenters. The maximum Gasteiger partial charge on any atom is 0.417 e. The van der Waals surface area contributed by atoms with E-state index in [9.17, 15) is 18.0 Å². The number of carbonyl (C=O) groups excluding carboxylic acids is 1. The van der Waals surface area contributed by atoms with E-state index in [1.165, 1.54) is 23.1 Å². The Kier molecular flexibility index (Phi) is 6.83. The van der Waals surface area contributed by atoms with Crippen LogP contribution in [0.15, 0.2) is 30.9 Å². The number of alkyl halides is 3. The van der Waals surface area contributed by atoms with E-state index in [1.54, 1.807) is 0 Å². The second-order valence-corrected chi connectivity index (χ2v) is 5.59. The summed E-state index contributed by atoms with van der Waals surface area (Å²) < 4.78 is 44.2. The summed E-state index contributed by atoms with van der Waals surface area (Å²) >= 11 is 0. The summed E-state index contributed by atoms with van der Waals surface area (Å²) in [5.41, 5.74) is -1.33. The van der Waals surface area contributed by atoms with Crippen LogP contribution < -0.4 is 4.90 Å². The number of esters is 1. The van der Waals surface area contributed by atoms with Crippen molar-refractivity contribution < 1.29 is 22.7 Å². The van der Waals surface area contributed by atoms with Gasteiger partial charge in [-0.1, -0.05) is 19.9 Å². The molecule has 0 spiro atoms. The van der Waals surface area contributed by atoms with Gasteiger partial charge in [-0.25, -0.2) is 0 Å². The lowest BCUT2D eigenvalue weighted by molar-refractivity contribution is -0.143. The van der Waals surface area contributed by atoms with Crippen LogP contribution in [0.5, 0.6) is 0 Å². The van der Waals surface area contributed by atoms with Gasteiger partial charge < -0.3 is 9.64 Å². The monoisotopic (exact) mass is 340 g/mol. The molecule has 0 radical (unpaired) electrons. The number of nitrogens with zero attached hydrogens (tertiary/aromatic N) is 2. The lowest BCUT2D eigenvalue weighted by Crippen LogP contribution is -2.32. The number of hydrogen-bond donors (Lipinski definition) is 0. The van der Waals surface area contributed by atoms with Gasteiger partial charge in [-0.2, -0.15) is 18.4 Å². The Morgan fingerprint density at radius 2 is 2.12 bits per heavy atom. The highest BCUT2D eigenvalue weighted by molar-refractivity contribution is 5.76. The summed E-state index contributed by atoms with van der Waals surface area (Å²) in [4.78, 5) is 13.2. The smallest absolute Gasteiger partial charge is 0.417 e. The highest BCUT2D eigenvalue weighted by Gasteiger charge is 2.34. The Balaban J connectivity index is 3.06. The normalized spacial score (nSPS) is 11.0. The van der Waals surface area contributed by atoms with Crippen LogP contribution in [-0.4, -0.2) is 25.7 Å². The van der Waals surface area contributed by atoms with Crippen LogP contribution in [-0.2, 0) is 15.7 Å². The topological polar surface area (TPSA) is 53.3 Å². The Hall–Kier alpha value is -2.49. The predicted molar refractivity (Wildman–Crippen MR) is 84.4 cm³/mol. The van der Waals surface area contributed by atoms with E-state index >= 15 is 0 Å². The number of rotatable bonds is 7. The second-order valence-electron chi connectivity index (χ2n) is 5.59. The van der Waals surface area contributed by atoms with Crippen molar-refractivity contribution in [2.45, 2.75) is 20.0 Å². The number of nitriles is 1. The van der Waals surface area contributed by atoms with Crippen molar-refractivity contribution in [2.24, 2.45) is 5.92 Å². The molecule has 0 fully saturated rings. The average Bonchev–Trinajstić information content (AvgIpc) is 2.51. The zero-order valence-electron chi connectivity index (χ0n) is 13.6. The lowest BCUT2D eigenvalue weighted by atomic mass is 10.1. The number of halogens is 3. The fraction of sp³-hybridized carbons (Fsp3) is 0.412. The van der Waals surface area contributed by atoms with Gasteiger partial charge in [-0.3, -0.25) is 4.79 Å². The molecule has 0 aliphatic heterocycles. The molecule has 24 heavy (non-hydrogen) atoms. The van der Waals surface area contributed by atoms with Gasteiger partial charge in [0.2, 0.25) is 0 Å². The van der Waals surface area contributed by atoms with Crippen molar-refractivity contribution in [3.63, 3.8) is 0 Å². The zero-order valence-corrected chi connectivity index (χ0v) is 13.6. The van der Waals surface area contributed by atoms with Crippen LogP contribution in [0.2, 0.25) is 0 Å². The first-order valence-electron chi connectivity index (χ1n) is 7.31. The first-order valence-corrected chi connectivity index (χ1v) is 7.31. The molecule has 1 aromatic carbocycles. The molecule has 0 heterocycles. The number of hydrogen-bond acceptors (Lipinski definition) is 4. The van der Waals surface area contributed by atoms with Crippen LogP contribution in [0.3, 0.4) is 0 Å². The molecule has 1 aromatic rings. The number of benzene rings is 1. The second kappa shape index (κ2) is 8.39. The molecule has 1 rings (SSSR count). The Morgan fingerprint density at radius 3 is 2.62 bits per heavy atom. The zero-order chi connectivity index (χ0) is 18.3. The van der Waals surface area contributed by atoms with Gasteiger partial charge in [0, 0.05) is 12.2 Å². The maximum absolute atomic E-state index is 13.1. The van der Waals surface area contributed by atoms with Crippen molar-refractivity contribution in [3.8, 4) is 6.07 Å². The first kappa shape index (κ1) is 19.6. The lowest BCUT2D eigenvalue weighted by Gasteiger charge is -2.24. The predicted octanol–water partition coefficient (Wildman–Crippen LogP) is 3.77. The van der Waals surface area contributed by atoms with E-state index in [0.29, 0.717) is 0 Å². The Morgan fingerprint density at radius 1 is 1.46 bits per heavy atom. The van der Waals surface area contributed by atoms with Gasteiger partial charge in [0.25, 0.3) is 0 Å². The van der Waals surface area contributed by atoms with Crippen molar-refractivity contribution in [1.82, 2.24) is 0 Å². The van der Waals surface area contributed by atoms with Crippen molar-refractivity contribution in [1.29, 1.82) is 5.26 Å². The summed E-state index contributed by atoms with van der Waals surface area (Å²) in [6.07, 6.45) is -3.18.